The van der Waals surface area contributed by atoms with Gasteiger partial charge in [0.2, 0.25) is 0 Å². The van der Waals surface area contributed by atoms with Crippen molar-refractivity contribution in [2.45, 2.75) is 40.5 Å². The zero-order valence-electron chi connectivity index (χ0n) is 10.8. The number of hydrogen-bond donors (Lipinski definition) is 0. The fourth-order valence-corrected chi connectivity index (χ4v) is 4.31. The zero-order valence-corrected chi connectivity index (χ0v) is 12.5. The van der Waals surface area contributed by atoms with E-state index in [4.69, 9.17) is 0 Å². The molecule has 0 aromatic heterocycles. The molecular formula is C10H22O5S2. The molecule has 0 heterocycles. The van der Waals surface area contributed by atoms with E-state index in [1.807, 2.05) is 27.7 Å². The van der Waals surface area contributed by atoms with Crippen molar-refractivity contribution < 1.29 is 20.5 Å². The summed E-state index contributed by atoms with van der Waals surface area (Å²) in [7, 11) is -7.94. The highest BCUT2D eigenvalue weighted by molar-refractivity contribution is 7.99. The average molecular weight is 286 g/mol. The van der Waals surface area contributed by atoms with Gasteiger partial charge in [0.05, 0.1) is 11.5 Å². The Bertz CT molecular complexity index is 366. The topological polar surface area (TPSA) is 77.5 Å². The van der Waals surface area contributed by atoms with Crippen molar-refractivity contribution in [2.75, 3.05) is 11.5 Å². The Labute approximate surface area is 105 Å². The molecule has 0 rings (SSSR count). The van der Waals surface area contributed by atoms with Crippen LogP contribution in [0.3, 0.4) is 0 Å². The molecule has 0 spiro atoms. The van der Waals surface area contributed by atoms with E-state index < -0.39 is 20.2 Å². The predicted octanol–water partition coefficient (Wildman–Crippen LogP) is 1.75. The van der Waals surface area contributed by atoms with E-state index in [0.29, 0.717) is 12.8 Å². The summed E-state index contributed by atoms with van der Waals surface area (Å²) in [5, 5.41) is 0. The smallest absolute Gasteiger partial charge is 0.198 e. The van der Waals surface area contributed by atoms with Gasteiger partial charge in [-0.05, 0) is 24.7 Å². The van der Waals surface area contributed by atoms with Gasteiger partial charge in [-0.25, -0.2) is 0 Å². The molecule has 0 amide bonds. The van der Waals surface area contributed by atoms with Crippen molar-refractivity contribution >= 4 is 20.2 Å². The molecule has 0 bridgehead atoms. The number of rotatable bonds is 8. The molecule has 0 unspecified atom stereocenters. The minimum absolute atomic E-state index is 0.187. The highest BCUT2D eigenvalue weighted by Crippen LogP contribution is 2.11. The molecule has 0 aromatic rings. The van der Waals surface area contributed by atoms with Crippen LogP contribution in [0.15, 0.2) is 0 Å². The van der Waals surface area contributed by atoms with Crippen LogP contribution in [0.25, 0.3) is 0 Å². The Morgan fingerprint density at radius 3 is 1.29 bits per heavy atom. The Hall–Kier alpha value is -0.140. The van der Waals surface area contributed by atoms with Gasteiger partial charge in [-0.15, -0.1) is 3.63 Å². The van der Waals surface area contributed by atoms with Crippen LogP contribution in [0, 0.1) is 11.8 Å². The van der Waals surface area contributed by atoms with Crippen molar-refractivity contribution in [2.24, 2.45) is 11.8 Å². The molecule has 7 heteroatoms. The monoisotopic (exact) mass is 286 g/mol. The van der Waals surface area contributed by atoms with Crippen LogP contribution in [-0.2, 0) is 23.9 Å². The van der Waals surface area contributed by atoms with Gasteiger partial charge in [0.1, 0.15) is 0 Å². The Morgan fingerprint density at radius 1 is 0.765 bits per heavy atom. The zero-order chi connectivity index (χ0) is 13.7. The summed E-state index contributed by atoms with van der Waals surface area (Å²) in [6.07, 6.45) is 0.782. The van der Waals surface area contributed by atoms with Gasteiger partial charge in [0, 0.05) is 0 Å². The summed E-state index contributed by atoms with van der Waals surface area (Å²) in [5.41, 5.74) is 0. The lowest BCUT2D eigenvalue weighted by Gasteiger charge is -2.08. The van der Waals surface area contributed by atoms with E-state index >= 15 is 0 Å². The lowest BCUT2D eigenvalue weighted by atomic mass is 10.2. The maximum atomic E-state index is 11.4. The third-order valence-electron chi connectivity index (χ3n) is 2.10. The molecule has 0 aromatic carbocycles. The molecule has 0 fully saturated rings. The fourth-order valence-electron chi connectivity index (χ4n) is 0.986. The quantitative estimate of drug-likeness (QED) is 0.679. The summed E-state index contributed by atoms with van der Waals surface area (Å²) in [5.74, 6) is -0.143. The molecule has 0 atom stereocenters. The van der Waals surface area contributed by atoms with Crippen LogP contribution < -0.4 is 0 Å². The molecule has 0 saturated carbocycles. The Morgan fingerprint density at radius 2 is 1.06 bits per heavy atom. The van der Waals surface area contributed by atoms with E-state index in [1.54, 1.807) is 0 Å². The van der Waals surface area contributed by atoms with Crippen LogP contribution in [-0.4, -0.2) is 28.3 Å². The normalized spacial score (nSPS) is 13.5. The van der Waals surface area contributed by atoms with Crippen LogP contribution >= 0.6 is 0 Å². The van der Waals surface area contributed by atoms with Crippen LogP contribution in [0.1, 0.15) is 40.5 Å². The molecule has 0 aliphatic carbocycles. The molecule has 0 N–H and O–H groups in total. The number of hydrogen-bond acceptors (Lipinski definition) is 5. The minimum atomic E-state index is -3.97. The molecule has 0 radical (unpaired) electrons. The Balaban J connectivity index is 4.39. The summed E-state index contributed by atoms with van der Waals surface area (Å²) >= 11 is 0. The predicted molar refractivity (Wildman–Crippen MR) is 67.6 cm³/mol. The van der Waals surface area contributed by atoms with Gasteiger partial charge in [-0.1, -0.05) is 27.7 Å². The summed E-state index contributed by atoms with van der Waals surface area (Å²) in [4.78, 5) is 0. The molecule has 0 aliphatic heterocycles. The van der Waals surface area contributed by atoms with Gasteiger partial charge in [-0.2, -0.15) is 16.8 Å². The SMILES string of the molecule is CC(C)CCS(=O)(=O)OS(=O)(=O)CCC(C)C. The van der Waals surface area contributed by atoms with Crippen molar-refractivity contribution in [3.63, 3.8) is 0 Å². The molecule has 5 nitrogen and oxygen atoms in total. The minimum Gasteiger partial charge on any atom is -0.198 e. The van der Waals surface area contributed by atoms with Crippen LogP contribution in [0.2, 0.25) is 0 Å². The van der Waals surface area contributed by atoms with Gasteiger partial charge >= 0.3 is 0 Å². The molecule has 0 saturated heterocycles. The van der Waals surface area contributed by atoms with E-state index in [0.717, 1.165) is 0 Å². The molecule has 17 heavy (non-hydrogen) atoms. The first kappa shape index (κ1) is 16.9. The van der Waals surface area contributed by atoms with Crippen molar-refractivity contribution in [1.29, 1.82) is 0 Å². The second-order valence-electron chi connectivity index (χ2n) is 4.96. The lowest BCUT2D eigenvalue weighted by Crippen LogP contribution is -2.20. The maximum Gasteiger partial charge on any atom is 0.281 e. The van der Waals surface area contributed by atoms with E-state index in [2.05, 4.69) is 3.63 Å². The van der Waals surface area contributed by atoms with Crippen LogP contribution in [0.5, 0.6) is 0 Å². The van der Waals surface area contributed by atoms with E-state index in [9.17, 15) is 16.8 Å². The van der Waals surface area contributed by atoms with Crippen molar-refractivity contribution in [1.82, 2.24) is 0 Å². The van der Waals surface area contributed by atoms with Gasteiger partial charge in [0.25, 0.3) is 20.2 Å². The second-order valence-corrected chi connectivity index (χ2v) is 8.55. The largest absolute Gasteiger partial charge is 0.281 e. The van der Waals surface area contributed by atoms with Crippen LogP contribution in [0.4, 0.5) is 0 Å². The maximum absolute atomic E-state index is 11.4. The summed E-state index contributed by atoms with van der Waals surface area (Å²) < 4.78 is 49.8. The fraction of sp³-hybridized carbons (Fsp3) is 1.00. The Kier molecular flexibility index (Phi) is 6.65. The van der Waals surface area contributed by atoms with Crippen molar-refractivity contribution in [3.05, 3.63) is 0 Å². The summed E-state index contributed by atoms with van der Waals surface area (Å²) in [6, 6.07) is 0. The highest BCUT2D eigenvalue weighted by atomic mass is 32.3. The van der Waals surface area contributed by atoms with Crippen molar-refractivity contribution in [3.8, 4) is 0 Å². The standard InChI is InChI=1S/C10H22O5S2/c1-9(2)5-7-16(11,12)15-17(13,14)8-6-10(3)4/h9-10H,5-8H2,1-4H3. The van der Waals surface area contributed by atoms with Gasteiger partial charge in [-0.3, -0.25) is 0 Å². The third kappa shape index (κ3) is 9.55. The lowest BCUT2D eigenvalue weighted by molar-refractivity contribution is 0.452. The average Bonchev–Trinajstić information content (AvgIpc) is 2.10. The van der Waals surface area contributed by atoms with Gasteiger partial charge < -0.3 is 0 Å². The highest BCUT2D eigenvalue weighted by Gasteiger charge is 2.22. The van der Waals surface area contributed by atoms with E-state index in [-0.39, 0.29) is 23.3 Å². The molecule has 104 valence electrons. The molecule has 0 aliphatic rings. The second kappa shape index (κ2) is 6.70. The molecular weight excluding hydrogens is 264 g/mol. The third-order valence-corrected chi connectivity index (χ3v) is 5.23. The first-order valence-corrected chi connectivity index (χ1v) is 8.86. The first-order chi connectivity index (χ1) is 7.54. The van der Waals surface area contributed by atoms with Gasteiger partial charge in [0.15, 0.2) is 0 Å². The first-order valence-electron chi connectivity index (χ1n) is 5.70. The summed E-state index contributed by atoms with van der Waals surface area (Å²) in [6.45, 7) is 7.46. The van der Waals surface area contributed by atoms with E-state index in [1.165, 1.54) is 0 Å².